The van der Waals surface area contributed by atoms with Crippen molar-refractivity contribution >= 4 is 56.0 Å². The number of thiazole rings is 1. The monoisotopic (exact) mass is 575 g/mol. The van der Waals surface area contributed by atoms with E-state index in [-0.39, 0.29) is 0 Å². The molecule has 0 amide bonds. The molecule has 2 heterocycles. The van der Waals surface area contributed by atoms with Gasteiger partial charge in [-0.05, 0) is 0 Å². The Morgan fingerprint density at radius 2 is 1.71 bits per heavy atom. The van der Waals surface area contributed by atoms with E-state index in [0.717, 1.165) is 25.0 Å². The van der Waals surface area contributed by atoms with Crippen LogP contribution in [0.2, 0.25) is 0 Å². The van der Waals surface area contributed by atoms with Crippen LogP contribution >= 0.6 is 42.7 Å². The van der Waals surface area contributed by atoms with Gasteiger partial charge in [-0.25, -0.2) is 0 Å². The molecule has 4 rings (SSSR count). The van der Waals surface area contributed by atoms with Crippen molar-refractivity contribution in [3.63, 3.8) is 0 Å². The fourth-order valence-electron chi connectivity index (χ4n) is 2.11. The molecule has 0 bridgehead atoms. The second-order valence-electron chi connectivity index (χ2n) is 4.97. The number of thioether (sulfide) groups is 1. The first kappa shape index (κ1) is 17.0. The third-order valence-corrected chi connectivity index (χ3v) is 20.8. The quantitative estimate of drug-likeness (QED) is 0.243. The van der Waals surface area contributed by atoms with Crippen molar-refractivity contribution in [3.8, 4) is 0 Å². The van der Waals surface area contributed by atoms with Gasteiger partial charge in [0.1, 0.15) is 0 Å². The number of hydrogen-bond acceptors (Lipinski definition) is 7. The number of aromatic nitrogens is 3. The minimum atomic E-state index is -1.15. The van der Waals surface area contributed by atoms with Gasteiger partial charge in [-0.1, -0.05) is 0 Å². The Bertz CT molecular complexity index is 906. The molecular formula is C16H11HgN3S4. The Morgan fingerprint density at radius 3 is 2.58 bits per heavy atom. The second kappa shape index (κ2) is 8.27. The number of benzene rings is 2. The van der Waals surface area contributed by atoms with Gasteiger partial charge in [-0.2, -0.15) is 0 Å². The maximum absolute atomic E-state index is 4.65. The van der Waals surface area contributed by atoms with Crippen LogP contribution in [0.15, 0.2) is 63.3 Å². The number of rotatable bonds is 6. The Hall–Kier alpha value is -0.475. The summed E-state index contributed by atoms with van der Waals surface area (Å²) in [6, 6.07) is 19.1. The van der Waals surface area contributed by atoms with Crippen LogP contribution in [0, 0.1) is 0 Å². The van der Waals surface area contributed by atoms with E-state index in [2.05, 4.69) is 63.7 Å². The van der Waals surface area contributed by atoms with Gasteiger partial charge >= 0.3 is 168 Å². The van der Waals surface area contributed by atoms with Gasteiger partial charge in [-0.15, -0.1) is 0 Å². The van der Waals surface area contributed by atoms with Crippen LogP contribution in [0.5, 0.6) is 0 Å². The van der Waals surface area contributed by atoms with E-state index in [1.165, 1.54) is 7.77 Å². The molecule has 0 aliphatic carbocycles. The number of hydrogen-bond donors (Lipinski definition) is 0. The van der Waals surface area contributed by atoms with Crippen LogP contribution in [0.3, 0.4) is 0 Å². The molecule has 8 heteroatoms. The van der Waals surface area contributed by atoms with Crippen LogP contribution in [0.1, 0.15) is 5.01 Å². The molecule has 3 nitrogen and oxygen atoms in total. The molecular weight excluding hydrogens is 563 g/mol. The molecule has 2 aromatic heterocycles. The number of nitrogens with zero attached hydrogens (tertiary/aromatic N) is 3. The molecule has 0 aliphatic rings. The second-order valence-corrected chi connectivity index (χ2v) is 19.4. The summed E-state index contributed by atoms with van der Waals surface area (Å²) in [5, 5.41) is 9.77. The van der Waals surface area contributed by atoms with Gasteiger partial charge < -0.3 is 0 Å². The molecule has 0 unspecified atom stereocenters. The standard InChI is InChI=1S/C10H7N3S4.C6H5.Hg/c14-9-13-12-8(17-9)5-15-10-11-6-3-1-2-4-7(6)16-10;1-2-4-6-5-3-1;/h1-4H,5H2,(H,13,14);1-5H;/q;;+1/p-1. The molecule has 0 saturated heterocycles. The van der Waals surface area contributed by atoms with E-state index in [9.17, 15) is 0 Å². The molecule has 24 heavy (non-hydrogen) atoms. The average molecular weight is 574 g/mol. The summed E-state index contributed by atoms with van der Waals surface area (Å²) in [6.45, 7) is 0. The predicted octanol–water partition coefficient (Wildman–Crippen LogP) is 4.86. The molecule has 0 aliphatic heterocycles. The zero-order chi connectivity index (χ0) is 16.2. The minimum absolute atomic E-state index is 0.847. The first-order chi connectivity index (χ1) is 11.9. The predicted molar refractivity (Wildman–Crippen MR) is 101 cm³/mol. The van der Waals surface area contributed by atoms with Crippen molar-refractivity contribution in [1.82, 2.24) is 15.2 Å². The normalized spacial score (nSPS) is 10.8. The van der Waals surface area contributed by atoms with E-state index in [1.54, 1.807) is 34.4 Å². The molecule has 116 valence electrons. The summed E-state index contributed by atoms with van der Waals surface area (Å²) in [4.78, 5) is 4.65. The van der Waals surface area contributed by atoms with Crippen LogP contribution < -0.4 is 3.07 Å². The van der Waals surface area contributed by atoms with Gasteiger partial charge in [-0.3, -0.25) is 0 Å². The first-order valence-electron chi connectivity index (χ1n) is 7.34. The SMILES string of the molecule is c1cc[c]([Hg][S]c2nnc(CSc3nc4ccccc4s3)s2)cc1. The summed E-state index contributed by atoms with van der Waals surface area (Å²) in [5.74, 6) is 0.847. The Labute approximate surface area is 166 Å². The van der Waals surface area contributed by atoms with Crippen molar-refractivity contribution in [2.45, 2.75) is 14.4 Å². The molecule has 0 N–H and O–H groups in total. The molecule has 0 spiro atoms. The first-order valence-corrected chi connectivity index (χ1v) is 20.4. The zero-order valence-corrected chi connectivity index (χ0v) is 21.3. The zero-order valence-electron chi connectivity index (χ0n) is 12.6. The fraction of sp³-hybridized carbons (Fsp3) is 0.0625. The fourth-order valence-corrected chi connectivity index (χ4v) is 16.8. The van der Waals surface area contributed by atoms with Gasteiger partial charge in [0.25, 0.3) is 0 Å². The third kappa shape index (κ3) is 4.38. The molecule has 4 aromatic rings. The number of para-hydroxylation sites is 1. The summed E-state index contributed by atoms with van der Waals surface area (Å²) in [5.41, 5.74) is 1.08. The van der Waals surface area contributed by atoms with Crippen molar-refractivity contribution < 1.29 is 23.1 Å². The van der Waals surface area contributed by atoms with Crippen molar-refractivity contribution in [2.75, 3.05) is 0 Å². The van der Waals surface area contributed by atoms with Gasteiger partial charge in [0.05, 0.1) is 0 Å². The Kier molecular flexibility index (Phi) is 5.85. The molecule has 0 atom stereocenters. The van der Waals surface area contributed by atoms with Gasteiger partial charge in [0.15, 0.2) is 0 Å². The van der Waals surface area contributed by atoms with E-state index in [0.29, 0.717) is 0 Å². The molecule has 0 saturated carbocycles. The third-order valence-electron chi connectivity index (χ3n) is 3.25. The van der Waals surface area contributed by atoms with E-state index >= 15 is 0 Å². The van der Waals surface area contributed by atoms with E-state index < -0.39 is 23.1 Å². The van der Waals surface area contributed by atoms with Crippen molar-refractivity contribution in [1.29, 1.82) is 0 Å². The van der Waals surface area contributed by atoms with Gasteiger partial charge in [0.2, 0.25) is 0 Å². The maximum atomic E-state index is 4.65. The van der Waals surface area contributed by atoms with Crippen molar-refractivity contribution in [3.05, 3.63) is 59.6 Å². The Balaban J connectivity index is 1.35. The summed E-state index contributed by atoms with van der Waals surface area (Å²) in [6.07, 6.45) is 0. The summed E-state index contributed by atoms with van der Waals surface area (Å²) in [7, 11) is 1.96. The van der Waals surface area contributed by atoms with Crippen LogP contribution in [-0.2, 0) is 28.8 Å². The molecule has 0 radical (unpaired) electrons. The molecule has 2 aromatic carbocycles. The topological polar surface area (TPSA) is 38.7 Å². The van der Waals surface area contributed by atoms with Crippen molar-refractivity contribution in [2.24, 2.45) is 0 Å². The average Bonchev–Trinajstić information content (AvgIpc) is 3.25. The van der Waals surface area contributed by atoms with Crippen LogP contribution in [0.4, 0.5) is 0 Å². The summed E-state index contributed by atoms with van der Waals surface area (Å²) >= 11 is 4.08. The van der Waals surface area contributed by atoms with E-state index in [4.69, 9.17) is 0 Å². The number of fused-ring (bicyclic) bond motifs is 1. The van der Waals surface area contributed by atoms with E-state index in [1.807, 2.05) is 14.3 Å². The molecule has 0 fully saturated rings. The Morgan fingerprint density at radius 1 is 0.875 bits per heavy atom. The van der Waals surface area contributed by atoms with Crippen LogP contribution in [-0.4, -0.2) is 15.2 Å². The summed E-state index contributed by atoms with van der Waals surface area (Å²) < 4.78 is 5.00. The van der Waals surface area contributed by atoms with Crippen LogP contribution in [0.25, 0.3) is 10.2 Å². The van der Waals surface area contributed by atoms with Gasteiger partial charge in [0, 0.05) is 0 Å².